The van der Waals surface area contributed by atoms with Crippen molar-refractivity contribution in [3.8, 4) is 0 Å². The fraction of sp³-hybridized carbons (Fsp3) is 0.636. The first-order valence-electron chi connectivity index (χ1n) is 5.15. The van der Waals surface area contributed by atoms with Gasteiger partial charge in [-0.3, -0.25) is 0 Å². The summed E-state index contributed by atoms with van der Waals surface area (Å²) in [4.78, 5) is 0. The van der Waals surface area contributed by atoms with Crippen LogP contribution in [0.3, 0.4) is 0 Å². The maximum atomic E-state index is 2.38. The molecule has 0 nitrogen and oxygen atoms in total. The fourth-order valence-electron chi connectivity index (χ4n) is 2.27. The Labute approximate surface area is 95.7 Å². The third-order valence-corrected chi connectivity index (χ3v) is 9.28. The van der Waals surface area contributed by atoms with Crippen LogP contribution >= 0.6 is 0 Å². The molecule has 1 aliphatic carbocycles. The van der Waals surface area contributed by atoms with E-state index in [1.165, 1.54) is 24.6 Å². The molecule has 0 aliphatic heterocycles. The van der Waals surface area contributed by atoms with Crippen LogP contribution in [0.15, 0.2) is 23.4 Å². The van der Waals surface area contributed by atoms with Crippen LogP contribution in [0.5, 0.6) is 0 Å². The van der Waals surface area contributed by atoms with Crippen LogP contribution in [-0.2, 0) is 0 Å². The summed E-state index contributed by atoms with van der Waals surface area (Å²) >= 11 is 0. The van der Waals surface area contributed by atoms with Gasteiger partial charge in [-0.15, -0.1) is 0 Å². The van der Waals surface area contributed by atoms with E-state index in [9.17, 15) is 0 Å². The van der Waals surface area contributed by atoms with E-state index in [2.05, 4.69) is 39.0 Å². The molecular formula is C11H20LiSi+. The molecule has 1 rings (SSSR count). The third-order valence-electron chi connectivity index (χ3n) is 3.48. The number of rotatable bonds is 4. The molecule has 0 N–H and O–H groups in total. The molecule has 0 aromatic rings. The van der Waals surface area contributed by atoms with Crippen LogP contribution < -0.4 is 18.9 Å². The Morgan fingerprint density at radius 2 is 1.69 bits per heavy atom. The summed E-state index contributed by atoms with van der Waals surface area (Å²) < 4.78 is 0. The number of allylic oxidation sites excluding steroid dienone is 4. The molecule has 0 spiro atoms. The van der Waals surface area contributed by atoms with Crippen molar-refractivity contribution in [2.24, 2.45) is 0 Å². The van der Waals surface area contributed by atoms with Crippen molar-refractivity contribution in [1.29, 1.82) is 0 Å². The predicted molar refractivity (Wildman–Crippen MR) is 59.0 cm³/mol. The van der Waals surface area contributed by atoms with Crippen LogP contribution in [0.1, 0.15) is 27.2 Å². The standard InChI is InChI=1S/C11H20Si.Li/c1-4-12(5-2,6-3)11-9-7-8-10-11;/h7-9H,4-6,10H2,1-3H3;/q;+1. The smallest absolute Gasteiger partial charge is 0.0809 e. The van der Waals surface area contributed by atoms with Crippen LogP contribution in [0.2, 0.25) is 18.1 Å². The topological polar surface area (TPSA) is 0 Å². The van der Waals surface area contributed by atoms with Gasteiger partial charge in [-0.2, -0.15) is 0 Å². The van der Waals surface area contributed by atoms with Gasteiger partial charge in [-0.25, -0.2) is 0 Å². The molecule has 2 heteroatoms. The second-order valence-corrected chi connectivity index (χ2v) is 8.99. The van der Waals surface area contributed by atoms with Crippen molar-refractivity contribution in [3.05, 3.63) is 23.4 Å². The quantitative estimate of drug-likeness (QED) is 0.574. The van der Waals surface area contributed by atoms with Crippen molar-refractivity contribution in [2.45, 2.75) is 45.3 Å². The minimum atomic E-state index is -0.986. The zero-order chi connectivity index (χ0) is 9.03. The first-order valence-corrected chi connectivity index (χ1v) is 7.77. The van der Waals surface area contributed by atoms with E-state index in [0.717, 1.165) is 0 Å². The molecule has 0 atom stereocenters. The molecule has 0 unspecified atom stereocenters. The molecule has 0 fully saturated rings. The first kappa shape index (κ1) is 13.3. The normalized spacial score (nSPS) is 15.5. The number of hydrogen-bond donors (Lipinski definition) is 0. The van der Waals surface area contributed by atoms with Crippen LogP contribution in [0, 0.1) is 0 Å². The molecule has 0 aromatic heterocycles. The minimum absolute atomic E-state index is 0. The zero-order valence-electron chi connectivity index (χ0n) is 9.56. The van der Waals surface area contributed by atoms with Gasteiger partial charge in [-0.1, -0.05) is 62.3 Å². The van der Waals surface area contributed by atoms with Crippen molar-refractivity contribution in [3.63, 3.8) is 0 Å². The van der Waals surface area contributed by atoms with E-state index < -0.39 is 8.07 Å². The number of hydrogen-bond acceptors (Lipinski definition) is 0. The molecule has 0 radical (unpaired) electrons. The third kappa shape index (κ3) is 2.62. The van der Waals surface area contributed by atoms with Crippen molar-refractivity contribution >= 4 is 8.07 Å². The summed E-state index contributed by atoms with van der Waals surface area (Å²) in [5.74, 6) is 0. The van der Waals surface area contributed by atoms with Crippen LogP contribution in [0.4, 0.5) is 0 Å². The van der Waals surface area contributed by atoms with Gasteiger partial charge in [0.25, 0.3) is 0 Å². The second kappa shape index (κ2) is 5.91. The molecule has 0 heterocycles. The molecule has 0 bridgehead atoms. The maximum absolute atomic E-state index is 2.38. The molecule has 0 saturated carbocycles. The summed E-state index contributed by atoms with van der Waals surface area (Å²) in [6, 6.07) is 4.27. The van der Waals surface area contributed by atoms with Gasteiger partial charge in [0.15, 0.2) is 0 Å². The summed E-state index contributed by atoms with van der Waals surface area (Å²) in [5, 5.41) is 1.79. The molecule has 13 heavy (non-hydrogen) atoms. The first-order chi connectivity index (χ1) is 5.79. The van der Waals surface area contributed by atoms with Gasteiger partial charge in [-0.05, 0) is 6.42 Å². The summed E-state index contributed by atoms with van der Waals surface area (Å²) in [6.45, 7) is 7.12. The molecule has 1 aliphatic rings. The summed E-state index contributed by atoms with van der Waals surface area (Å²) in [5.41, 5.74) is 0. The molecule has 0 amide bonds. The van der Waals surface area contributed by atoms with Gasteiger partial charge in [0.05, 0.1) is 8.07 Å². The average Bonchev–Trinajstić information content (AvgIpc) is 2.62. The van der Waals surface area contributed by atoms with Crippen LogP contribution in [0.25, 0.3) is 0 Å². The zero-order valence-corrected chi connectivity index (χ0v) is 10.6. The molecular weight excluding hydrogens is 167 g/mol. The summed E-state index contributed by atoms with van der Waals surface area (Å²) in [7, 11) is -0.986. The SMILES string of the molecule is CC[Si](CC)(CC)C1=CC=CC1.[Li+]. The van der Waals surface area contributed by atoms with Gasteiger partial charge < -0.3 is 0 Å². The van der Waals surface area contributed by atoms with E-state index in [1.807, 2.05) is 0 Å². The summed E-state index contributed by atoms with van der Waals surface area (Å²) in [6.07, 6.45) is 8.17. The largest absolute Gasteiger partial charge is 1.00 e. The minimum Gasteiger partial charge on any atom is -0.0809 e. The van der Waals surface area contributed by atoms with Crippen molar-refractivity contribution < 1.29 is 18.9 Å². The van der Waals surface area contributed by atoms with E-state index in [-0.39, 0.29) is 18.9 Å². The van der Waals surface area contributed by atoms with Crippen molar-refractivity contribution in [2.75, 3.05) is 0 Å². The average molecular weight is 187 g/mol. The van der Waals surface area contributed by atoms with Crippen LogP contribution in [-0.4, -0.2) is 8.07 Å². The van der Waals surface area contributed by atoms with Gasteiger partial charge in [0.2, 0.25) is 0 Å². The van der Waals surface area contributed by atoms with E-state index in [4.69, 9.17) is 0 Å². The Morgan fingerprint density at radius 1 is 1.15 bits per heavy atom. The Morgan fingerprint density at radius 3 is 2.00 bits per heavy atom. The van der Waals surface area contributed by atoms with Gasteiger partial charge >= 0.3 is 18.9 Å². The predicted octanol–water partition coefficient (Wildman–Crippen LogP) is 0.924. The maximum Gasteiger partial charge on any atom is 1.00 e. The Balaban J connectivity index is 0.00000144. The van der Waals surface area contributed by atoms with Gasteiger partial charge in [0.1, 0.15) is 0 Å². The van der Waals surface area contributed by atoms with Crippen molar-refractivity contribution in [1.82, 2.24) is 0 Å². The Hall–Kier alpha value is 0.294. The van der Waals surface area contributed by atoms with E-state index in [1.54, 1.807) is 5.20 Å². The Kier molecular flexibility index (Phi) is 6.04. The molecule has 0 saturated heterocycles. The monoisotopic (exact) mass is 187 g/mol. The molecule has 0 aromatic carbocycles. The van der Waals surface area contributed by atoms with Gasteiger partial charge in [0, 0.05) is 0 Å². The fourth-order valence-corrected chi connectivity index (χ4v) is 6.13. The Bertz CT molecular complexity index is 194. The second-order valence-electron chi connectivity index (χ2n) is 3.67. The van der Waals surface area contributed by atoms with E-state index >= 15 is 0 Å². The van der Waals surface area contributed by atoms with E-state index in [0.29, 0.717) is 0 Å². The molecule has 68 valence electrons.